The number of fused-ring (bicyclic) bond motifs is 6. The number of nitrogens with one attached hydrogen (secondary N) is 1. The molecule has 0 bridgehead atoms. The van der Waals surface area contributed by atoms with Gasteiger partial charge in [-0.1, -0.05) is 6.92 Å². The van der Waals surface area contributed by atoms with Gasteiger partial charge < -0.3 is 19.4 Å². The first-order valence-electron chi connectivity index (χ1n) is 10.0. The van der Waals surface area contributed by atoms with Crippen LogP contribution in [0.2, 0.25) is 0 Å². The second-order valence-electron chi connectivity index (χ2n) is 8.14. The van der Waals surface area contributed by atoms with E-state index < -0.39 is 11.6 Å². The van der Waals surface area contributed by atoms with E-state index in [0.717, 1.165) is 33.1 Å². The lowest BCUT2D eigenvalue weighted by Gasteiger charge is -2.26. The van der Waals surface area contributed by atoms with Crippen LogP contribution in [0.4, 0.5) is 0 Å². The molecule has 1 aromatic carbocycles. The second-order valence-corrected chi connectivity index (χ2v) is 8.14. The Morgan fingerprint density at radius 3 is 2.93 bits per heavy atom. The molecule has 0 amide bonds. The average molecular weight is 401 g/mol. The maximum absolute atomic E-state index is 13.3. The Morgan fingerprint density at radius 1 is 1.23 bits per heavy atom. The standard InChI is InChI=1S/C23H19N3O4/c1-2-23(29)9-20(27)30-11-15-16(23)8-19-21-14(10-26(19)22(15)28)5-13-7-17-12(3-4-24-17)6-18(13)25-21/h3-8,24,29H,2,9-11H2,1H3. The number of aromatic nitrogens is 3. The number of carbonyl (C=O) groups is 1. The van der Waals surface area contributed by atoms with Crippen LogP contribution in [0.15, 0.2) is 41.3 Å². The van der Waals surface area contributed by atoms with Crippen LogP contribution in [-0.4, -0.2) is 25.6 Å². The van der Waals surface area contributed by atoms with Crippen LogP contribution in [0, 0.1) is 0 Å². The maximum Gasteiger partial charge on any atom is 0.309 e. The molecule has 0 aliphatic carbocycles. The minimum atomic E-state index is -1.42. The Hall–Kier alpha value is -3.45. The first-order valence-corrected chi connectivity index (χ1v) is 10.0. The molecule has 7 heteroatoms. The van der Waals surface area contributed by atoms with Crippen molar-refractivity contribution < 1.29 is 14.6 Å². The first-order chi connectivity index (χ1) is 14.5. The number of benzene rings is 1. The third kappa shape index (κ3) is 2.26. The molecule has 0 spiro atoms. The number of nitrogens with zero attached hydrogens (tertiary/aromatic N) is 2. The van der Waals surface area contributed by atoms with Gasteiger partial charge in [0.05, 0.1) is 35.4 Å². The number of ether oxygens (including phenoxy) is 1. The third-order valence-corrected chi connectivity index (χ3v) is 6.44. The molecule has 1 unspecified atom stereocenters. The van der Waals surface area contributed by atoms with E-state index in [1.165, 1.54) is 0 Å². The molecule has 7 nitrogen and oxygen atoms in total. The van der Waals surface area contributed by atoms with Crippen molar-refractivity contribution in [2.45, 2.75) is 38.5 Å². The lowest BCUT2D eigenvalue weighted by Crippen LogP contribution is -2.32. The summed E-state index contributed by atoms with van der Waals surface area (Å²) in [5, 5.41) is 13.3. The number of cyclic esters (lactones) is 1. The second kappa shape index (κ2) is 5.79. The molecule has 0 saturated carbocycles. The summed E-state index contributed by atoms with van der Waals surface area (Å²) in [4.78, 5) is 33.4. The molecule has 1 atom stereocenters. The predicted octanol–water partition coefficient (Wildman–Crippen LogP) is 2.95. The number of pyridine rings is 2. The first kappa shape index (κ1) is 17.4. The topological polar surface area (TPSA) is 97.2 Å². The van der Waals surface area contributed by atoms with Gasteiger partial charge in [0.15, 0.2) is 0 Å². The van der Waals surface area contributed by atoms with Crippen LogP contribution < -0.4 is 5.56 Å². The summed E-state index contributed by atoms with van der Waals surface area (Å²) in [5.41, 5.74) is 3.43. The smallest absolute Gasteiger partial charge is 0.309 e. The van der Waals surface area contributed by atoms with Gasteiger partial charge in [-0.3, -0.25) is 9.59 Å². The lowest BCUT2D eigenvalue weighted by atomic mass is 9.85. The molecule has 2 aliphatic heterocycles. The Labute approximate surface area is 170 Å². The summed E-state index contributed by atoms with van der Waals surface area (Å²) in [5.74, 6) is -0.500. The number of aromatic amines is 1. The van der Waals surface area contributed by atoms with Crippen molar-refractivity contribution in [3.63, 3.8) is 0 Å². The number of carbonyl (C=O) groups excluding carboxylic acids is 1. The van der Waals surface area contributed by atoms with E-state index in [4.69, 9.17) is 9.72 Å². The van der Waals surface area contributed by atoms with E-state index in [2.05, 4.69) is 17.1 Å². The van der Waals surface area contributed by atoms with Gasteiger partial charge in [0.2, 0.25) is 0 Å². The van der Waals surface area contributed by atoms with Crippen LogP contribution in [0.5, 0.6) is 0 Å². The molecule has 2 aliphatic rings. The highest BCUT2D eigenvalue weighted by Gasteiger charge is 2.39. The van der Waals surface area contributed by atoms with Gasteiger partial charge in [-0.2, -0.15) is 0 Å². The number of hydrogen-bond acceptors (Lipinski definition) is 5. The zero-order valence-corrected chi connectivity index (χ0v) is 16.4. The molecule has 0 radical (unpaired) electrons. The fraction of sp³-hybridized carbons (Fsp3) is 0.261. The van der Waals surface area contributed by atoms with E-state index in [1.807, 2.05) is 24.4 Å². The van der Waals surface area contributed by atoms with Crippen LogP contribution in [0.3, 0.4) is 0 Å². The number of H-pyrrole nitrogens is 1. The summed E-state index contributed by atoms with van der Waals surface area (Å²) in [6, 6.07) is 9.98. The van der Waals surface area contributed by atoms with Crippen molar-refractivity contribution in [1.29, 1.82) is 0 Å². The molecule has 0 saturated heterocycles. The summed E-state index contributed by atoms with van der Waals surface area (Å²) < 4.78 is 6.87. The predicted molar refractivity (Wildman–Crippen MR) is 111 cm³/mol. The fourth-order valence-electron chi connectivity index (χ4n) is 4.73. The Kier molecular flexibility index (Phi) is 3.36. The van der Waals surface area contributed by atoms with Gasteiger partial charge in [-0.05, 0) is 42.3 Å². The monoisotopic (exact) mass is 401 g/mol. The summed E-state index contributed by atoms with van der Waals surface area (Å²) in [6.07, 6.45) is 2.04. The highest BCUT2D eigenvalue weighted by atomic mass is 16.5. The van der Waals surface area contributed by atoms with Crippen molar-refractivity contribution in [2.24, 2.45) is 0 Å². The van der Waals surface area contributed by atoms with Gasteiger partial charge in [0, 0.05) is 28.0 Å². The number of esters is 1. The molecule has 5 heterocycles. The van der Waals surface area contributed by atoms with Crippen molar-refractivity contribution in [1.82, 2.24) is 14.5 Å². The van der Waals surface area contributed by atoms with Gasteiger partial charge in [0.25, 0.3) is 5.56 Å². The molecule has 4 aromatic rings. The van der Waals surface area contributed by atoms with Crippen LogP contribution in [0.1, 0.15) is 36.5 Å². The minimum Gasteiger partial charge on any atom is -0.460 e. The summed E-state index contributed by atoms with van der Waals surface area (Å²) in [6.45, 7) is 2.09. The van der Waals surface area contributed by atoms with E-state index >= 15 is 0 Å². The van der Waals surface area contributed by atoms with Crippen molar-refractivity contribution in [2.75, 3.05) is 0 Å². The Balaban J connectivity index is 1.62. The number of hydrogen-bond donors (Lipinski definition) is 2. The summed E-state index contributed by atoms with van der Waals surface area (Å²) >= 11 is 0. The van der Waals surface area contributed by atoms with Crippen molar-refractivity contribution in [3.8, 4) is 11.4 Å². The Bertz CT molecular complexity index is 1450. The molecule has 30 heavy (non-hydrogen) atoms. The maximum atomic E-state index is 13.3. The average Bonchev–Trinajstić information content (AvgIpc) is 3.29. The van der Waals surface area contributed by atoms with E-state index in [9.17, 15) is 14.7 Å². The van der Waals surface area contributed by atoms with Gasteiger partial charge in [-0.25, -0.2) is 4.98 Å². The number of rotatable bonds is 1. The lowest BCUT2D eigenvalue weighted by molar-refractivity contribution is -0.149. The fourth-order valence-corrected chi connectivity index (χ4v) is 4.73. The zero-order valence-electron chi connectivity index (χ0n) is 16.4. The van der Waals surface area contributed by atoms with E-state index in [0.29, 0.717) is 29.8 Å². The SMILES string of the molecule is CCC1(O)CC(=O)OCc2c1cc1n(c2=O)Cc2cc3cc4[nH]ccc4cc3nc2-1. The largest absolute Gasteiger partial charge is 0.460 e. The van der Waals surface area contributed by atoms with E-state index in [1.54, 1.807) is 11.5 Å². The van der Waals surface area contributed by atoms with Gasteiger partial charge in [-0.15, -0.1) is 0 Å². The zero-order chi connectivity index (χ0) is 20.6. The molecule has 150 valence electrons. The van der Waals surface area contributed by atoms with E-state index in [-0.39, 0.29) is 18.6 Å². The minimum absolute atomic E-state index is 0.119. The van der Waals surface area contributed by atoms with Crippen LogP contribution in [-0.2, 0) is 28.3 Å². The number of aliphatic hydroxyl groups is 1. The van der Waals surface area contributed by atoms with Crippen molar-refractivity contribution in [3.05, 3.63) is 63.6 Å². The molecular formula is C23H19N3O4. The van der Waals surface area contributed by atoms with Crippen LogP contribution in [0.25, 0.3) is 33.2 Å². The summed E-state index contributed by atoms with van der Waals surface area (Å²) in [7, 11) is 0. The quantitative estimate of drug-likeness (QED) is 0.421. The Morgan fingerprint density at radius 2 is 2.10 bits per heavy atom. The molecule has 2 N–H and O–H groups in total. The highest BCUT2D eigenvalue weighted by Crippen LogP contribution is 2.39. The third-order valence-electron chi connectivity index (χ3n) is 6.44. The molecular weight excluding hydrogens is 382 g/mol. The van der Waals surface area contributed by atoms with Crippen LogP contribution >= 0.6 is 0 Å². The highest BCUT2D eigenvalue weighted by molar-refractivity contribution is 5.96. The molecule has 3 aromatic heterocycles. The van der Waals surface area contributed by atoms with Gasteiger partial charge in [0.1, 0.15) is 12.2 Å². The van der Waals surface area contributed by atoms with Crippen molar-refractivity contribution >= 4 is 27.8 Å². The van der Waals surface area contributed by atoms with Gasteiger partial charge >= 0.3 is 5.97 Å². The molecule has 0 fully saturated rings. The molecule has 6 rings (SSSR count). The normalized spacial score (nSPS) is 20.0.